The third-order valence-corrected chi connectivity index (χ3v) is 3.17. The van der Waals surface area contributed by atoms with Gasteiger partial charge in [-0.3, -0.25) is 9.69 Å². The van der Waals surface area contributed by atoms with Crippen molar-refractivity contribution in [2.45, 2.75) is 6.10 Å². The molecule has 8 heteroatoms. The lowest BCUT2D eigenvalue weighted by molar-refractivity contribution is -0.138. The zero-order valence-electron chi connectivity index (χ0n) is 12.0. The zero-order valence-corrected chi connectivity index (χ0v) is 12.0. The Labute approximate surface area is 118 Å². The fourth-order valence-electron chi connectivity index (χ4n) is 2.17. The molecule has 0 bridgehead atoms. The SMILES string of the molecule is COCC(O)CN(C)C(=O)N1CCN(CC(=O)O)CC1. The fourth-order valence-corrected chi connectivity index (χ4v) is 2.17. The van der Waals surface area contributed by atoms with Crippen LogP contribution in [-0.2, 0) is 9.53 Å². The number of carbonyl (C=O) groups is 2. The summed E-state index contributed by atoms with van der Waals surface area (Å²) in [5, 5.41) is 18.3. The number of hydrogen-bond acceptors (Lipinski definition) is 5. The lowest BCUT2D eigenvalue weighted by atomic mass is 10.3. The van der Waals surface area contributed by atoms with Gasteiger partial charge in [-0.1, -0.05) is 0 Å². The van der Waals surface area contributed by atoms with E-state index in [4.69, 9.17) is 9.84 Å². The second-order valence-electron chi connectivity index (χ2n) is 4.93. The number of aliphatic carboxylic acids is 1. The van der Waals surface area contributed by atoms with Gasteiger partial charge in [-0.2, -0.15) is 0 Å². The van der Waals surface area contributed by atoms with Gasteiger partial charge in [0.15, 0.2) is 0 Å². The van der Waals surface area contributed by atoms with Crippen LogP contribution in [0.1, 0.15) is 0 Å². The van der Waals surface area contributed by atoms with Crippen molar-refractivity contribution in [1.82, 2.24) is 14.7 Å². The highest BCUT2D eigenvalue weighted by molar-refractivity contribution is 5.74. The van der Waals surface area contributed by atoms with E-state index in [1.165, 1.54) is 12.0 Å². The lowest BCUT2D eigenvalue weighted by Crippen LogP contribution is -2.53. The van der Waals surface area contributed by atoms with E-state index in [9.17, 15) is 14.7 Å². The van der Waals surface area contributed by atoms with Crippen LogP contribution in [0.15, 0.2) is 0 Å². The first-order chi connectivity index (χ1) is 9.43. The van der Waals surface area contributed by atoms with Gasteiger partial charge in [0.2, 0.25) is 0 Å². The molecule has 0 saturated carbocycles. The number of aliphatic hydroxyl groups excluding tert-OH is 1. The molecule has 0 aromatic rings. The third kappa shape index (κ3) is 5.32. The first-order valence-corrected chi connectivity index (χ1v) is 6.55. The van der Waals surface area contributed by atoms with Crippen LogP contribution in [0, 0.1) is 0 Å². The first kappa shape index (κ1) is 16.7. The van der Waals surface area contributed by atoms with Gasteiger partial charge in [0.05, 0.1) is 25.8 Å². The van der Waals surface area contributed by atoms with E-state index in [1.54, 1.807) is 16.8 Å². The number of methoxy groups -OCH3 is 1. The highest BCUT2D eigenvalue weighted by atomic mass is 16.5. The number of carboxylic acid groups (broad SMARTS) is 1. The Hall–Kier alpha value is -1.38. The molecular formula is C12H23N3O5. The summed E-state index contributed by atoms with van der Waals surface area (Å²) in [6.07, 6.45) is -0.706. The maximum atomic E-state index is 12.1. The predicted molar refractivity (Wildman–Crippen MR) is 71.6 cm³/mol. The van der Waals surface area contributed by atoms with Crippen molar-refractivity contribution in [3.63, 3.8) is 0 Å². The molecule has 20 heavy (non-hydrogen) atoms. The average molecular weight is 289 g/mol. The van der Waals surface area contributed by atoms with Gasteiger partial charge in [0.25, 0.3) is 0 Å². The van der Waals surface area contributed by atoms with Crippen molar-refractivity contribution < 1.29 is 24.5 Å². The fraction of sp³-hybridized carbons (Fsp3) is 0.833. The average Bonchev–Trinajstić information content (AvgIpc) is 2.38. The molecule has 1 heterocycles. The number of amides is 2. The van der Waals surface area contributed by atoms with Crippen LogP contribution in [0.4, 0.5) is 4.79 Å². The van der Waals surface area contributed by atoms with Crippen LogP contribution in [0.5, 0.6) is 0 Å². The topological polar surface area (TPSA) is 93.6 Å². The molecule has 1 unspecified atom stereocenters. The molecule has 1 saturated heterocycles. The van der Waals surface area contributed by atoms with E-state index >= 15 is 0 Å². The Morgan fingerprint density at radius 2 is 1.90 bits per heavy atom. The summed E-state index contributed by atoms with van der Waals surface area (Å²) >= 11 is 0. The minimum Gasteiger partial charge on any atom is -0.480 e. The monoisotopic (exact) mass is 289 g/mol. The van der Waals surface area contributed by atoms with E-state index < -0.39 is 12.1 Å². The standard InChI is InChI=1S/C12H23N3O5/c1-13(7-10(16)9-20-2)12(19)15-5-3-14(4-6-15)8-11(17)18/h10,16H,3-9H2,1-2H3,(H,17,18). The molecule has 116 valence electrons. The molecule has 1 aliphatic heterocycles. The Balaban J connectivity index is 2.36. The molecule has 8 nitrogen and oxygen atoms in total. The number of carboxylic acids is 1. The van der Waals surface area contributed by atoms with Gasteiger partial charge in [-0.15, -0.1) is 0 Å². The number of ether oxygens (including phenoxy) is 1. The summed E-state index contributed by atoms with van der Waals surface area (Å²) in [6, 6.07) is -0.157. The van der Waals surface area contributed by atoms with Crippen molar-refractivity contribution >= 4 is 12.0 Å². The number of likely N-dealkylation sites (N-methyl/N-ethyl adjacent to an activating group) is 1. The molecule has 1 rings (SSSR count). The van der Waals surface area contributed by atoms with Gasteiger partial charge < -0.3 is 24.7 Å². The van der Waals surface area contributed by atoms with Crippen LogP contribution in [-0.4, -0.2) is 103 Å². The lowest BCUT2D eigenvalue weighted by Gasteiger charge is -2.36. The van der Waals surface area contributed by atoms with Crippen molar-refractivity contribution in [3.8, 4) is 0 Å². The molecule has 0 aromatic heterocycles. The molecule has 0 radical (unpaired) electrons. The quantitative estimate of drug-likeness (QED) is 0.634. The van der Waals surface area contributed by atoms with Gasteiger partial charge in [-0.05, 0) is 0 Å². The number of rotatable bonds is 6. The van der Waals surface area contributed by atoms with Crippen molar-refractivity contribution in [2.75, 3.05) is 60.0 Å². The maximum absolute atomic E-state index is 12.1. The Morgan fingerprint density at radius 1 is 1.30 bits per heavy atom. The molecule has 1 aliphatic rings. The van der Waals surface area contributed by atoms with Gasteiger partial charge >= 0.3 is 12.0 Å². The molecule has 1 atom stereocenters. The third-order valence-electron chi connectivity index (χ3n) is 3.17. The molecule has 0 aliphatic carbocycles. The van der Waals surface area contributed by atoms with E-state index in [-0.39, 0.29) is 25.7 Å². The van der Waals surface area contributed by atoms with Crippen molar-refractivity contribution in [2.24, 2.45) is 0 Å². The van der Waals surface area contributed by atoms with E-state index in [0.717, 1.165) is 0 Å². The second-order valence-corrected chi connectivity index (χ2v) is 4.93. The highest BCUT2D eigenvalue weighted by Crippen LogP contribution is 2.05. The molecule has 1 fully saturated rings. The molecule has 2 amide bonds. The Bertz CT molecular complexity index is 331. The smallest absolute Gasteiger partial charge is 0.319 e. The Morgan fingerprint density at radius 3 is 2.40 bits per heavy atom. The van der Waals surface area contributed by atoms with E-state index in [2.05, 4.69) is 0 Å². The maximum Gasteiger partial charge on any atom is 0.319 e. The van der Waals surface area contributed by atoms with Gasteiger partial charge in [0.1, 0.15) is 0 Å². The minimum atomic E-state index is -0.857. The van der Waals surface area contributed by atoms with Crippen LogP contribution in [0.25, 0.3) is 0 Å². The van der Waals surface area contributed by atoms with Gasteiger partial charge in [0, 0.05) is 40.3 Å². The predicted octanol–water partition coefficient (Wildman–Crippen LogP) is -1.25. The highest BCUT2D eigenvalue weighted by Gasteiger charge is 2.25. The summed E-state index contributed by atoms with van der Waals surface area (Å²) in [7, 11) is 3.12. The Kier molecular flexibility index (Phi) is 6.69. The molecule has 2 N–H and O–H groups in total. The largest absolute Gasteiger partial charge is 0.480 e. The molecular weight excluding hydrogens is 266 g/mol. The minimum absolute atomic E-state index is 0.00439. The van der Waals surface area contributed by atoms with E-state index in [0.29, 0.717) is 26.2 Å². The number of piperazine rings is 1. The van der Waals surface area contributed by atoms with Crippen molar-refractivity contribution in [3.05, 3.63) is 0 Å². The summed E-state index contributed by atoms with van der Waals surface area (Å²) < 4.78 is 4.82. The first-order valence-electron chi connectivity index (χ1n) is 6.55. The number of aliphatic hydroxyl groups is 1. The molecule has 0 spiro atoms. The number of carbonyl (C=O) groups excluding carboxylic acids is 1. The second kappa shape index (κ2) is 8.03. The van der Waals surface area contributed by atoms with E-state index in [1.807, 2.05) is 0 Å². The van der Waals surface area contributed by atoms with Crippen LogP contribution < -0.4 is 0 Å². The van der Waals surface area contributed by atoms with Crippen molar-refractivity contribution in [1.29, 1.82) is 0 Å². The number of urea groups is 1. The molecule has 0 aromatic carbocycles. The summed E-state index contributed by atoms with van der Waals surface area (Å²) in [4.78, 5) is 27.7. The van der Waals surface area contributed by atoms with Crippen LogP contribution in [0.2, 0.25) is 0 Å². The van der Waals surface area contributed by atoms with Gasteiger partial charge in [-0.25, -0.2) is 4.79 Å². The normalized spacial score (nSPS) is 17.9. The zero-order chi connectivity index (χ0) is 15.1. The summed E-state index contributed by atoms with van der Waals surface area (Å²) in [5.74, 6) is -0.857. The summed E-state index contributed by atoms with van der Waals surface area (Å²) in [5.41, 5.74) is 0. The van der Waals surface area contributed by atoms with Crippen LogP contribution >= 0.6 is 0 Å². The van der Waals surface area contributed by atoms with Crippen LogP contribution in [0.3, 0.4) is 0 Å². The number of hydrogen-bond donors (Lipinski definition) is 2. The number of nitrogens with zero attached hydrogens (tertiary/aromatic N) is 3. The summed E-state index contributed by atoms with van der Waals surface area (Å²) in [6.45, 7) is 2.49.